The van der Waals surface area contributed by atoms with Crippen molar-refractivity contribution in [3.63, 3.8) is 0 Å². The van der Waals surface area contributed by atoms with Crippen LogP contribution in [0.2, 0.25) is 0 Å². The number of aromatic nitrogens is 1. The molecule has 1 aromatic carbocycles. The van der Waals surface area contributed by atoms with Gasteiger partial charge in [0, 0.05) is 0 Å². The SMILES string of the molecule is COC(=O)c1cccc(C(=O)C#Cc2ccccc2F)n1. The Balaban J connectivity index is 2.26. The Hall–Kier alpha value is -3.00. The number of benzene rings is 1. The van der Waals surface area contributed by atoms with Crippen molar-refractivity contribution in [3.8, 4) is 11.8 Å². The average Bonchev–Trinajstić information content (AvgIpc) is 2.53. The Morgan fingerprint density at radius 3 is 2.52 bits per heavy atom. The maximum Gasteiger partial charge on any atom is 0.356 e. The average molecular weight is 283 g/mol. The summed E-state index contributed by atoms with van der Waals surface area (Å²) in [5.74, 6) is 2.98. The van der Waals surface area contributed by atoms with Gasteiger partial charge in [-0.05, 0) is 30.2 Å². The molecule has 0 aliphatic heterocycles. The number of halogens is 1. The smallest absolute Gasteiger partial charge is 0.356 e. The Labute approximate surface area is 120 Å². The van der Waals surface area contributed by atoms with Gasteiger partial charge in [0.1, 0.15) is 17.2 Å². The molecule has 0 saturated carbocycles. The van der Waals surface area contributed by atoms with E-state index < -0.39 is 17.6 Å². The van der Waals surface area contributed by atoms with Crippen LogP contribution in [0.3, 0.4) is 0 Å². The number of carbonyl (C=O) groups excluding carboxylic acids is 2. The summed E-state index contributed by atoms with van der Waals surface area (Å²) in [4.78, 5) is 27.1. The van der Waals surface area contributed by atoms with Gasteiger partial charge >= 0.3 is 5.97 Å². The number of carbonyl (C=O) groups is 2. The van der Waals surface area contributed by atoms with E-state index in [2.05, 4.69) is 21.6 Å². The molecule has 4 nitrogen and oxygen atoms in total. The number of pyridine rings is 1. The summed E-state index contributed by atoms with van der Waals surface area (Å²) in [5.41, 5.74) is 0.132. The number of Topliss-reactive ketones (excluding diaryl/α,β-unsaturated/α-hetero) is 1. The van der Waals surface area contributed by atoms with E-state index in [0.29, 0.717) is 0 Å². The molecule has 5 heteroatoms. The minimum atomic E-state index is -0.647. The van der Waals surface area contributed by atoms with Gasteiger partial charge < -0.3 is 4.74 Å². The number of rotatable bonds is 2. The zero-order valence-corrected chi connectivity index (χ0v) is 11.1. The van der Waals surface area contributed by atoms with Crippen molar-refractivity contribution in [2.75, 3.05) is 7.11 Å². The van der Waals surface area contributed by atoms with Gasteiger partial charge in [0.25, 0.3) is 5.78 Å². The number of hydrogen-bond donors (Lipinski definition) is 0. The van der Waals surface area contributed by atoms with Gasteiger partial charge in [0.15, 0.2) is 0 Å². The highest BCUT2D eigenvalue weighted by Gasteiger charge is 2.10. The first-order chi connectivity index (χ1) is 10.1. The Morgan fingerprint density at radius 2 is 1.81 bits per heavy atom. The highest BCUT2D eigenvalue weighted by Crippen LogP contribution is 2.05. The van der Waals surface area contributed by atoms with Gasteiger partial charge in [0.2, 0.25) is 0 Å². The minimum Gasteiger partial charge on any atom is -0.464 e. The van der Waals surface area contributed by atoms with Crippen LogP contribution in [0.15, 0.2) is 42.5 Å². The van der Waals surface area contributed by atoms with Crippen LogP contribution in [-0.2, 0) is 4.74 Å². The topological polar surface area (TPSA) is 56.3 Å². The Morgan fingerprint density at radius 1 is 1.10 bits per heavy atom. The second-order valence-corrected chi connectivity index (χ2v) is 3.96. The molecule has 21 heavy (non-hydrogen) atoms. The summed E-state index contributed by atoms with van der Waals surface area (Å²) in [6.45, 7) is 0. The maximum absolute atomic E-state index is 13.4. The number of ketones is 1. The van der Waals surface area contributed by atoms with Crippen molar-refractivity contribution in [3.05, 3.63) is 65.2 Å². The van der Waals surface area contributed by atoms with Crippen molar-refractivity contribution in [2.24, 2.45) is 0 Å². The first-order valence-electron chi connectivity index (χ1n) is 5.98. The summed E-state index contributed by atoms with van der Waals surface area (Å²) in [6, 6.07) is 10.2. The molecule has 1 aromatic heterocycles. The zero-order chi connectivity index (χ0) is 15.2. The number of nitrogens with zero attached hydrogens (tertiary/aromatic N) is 1. The van der Waals surface area contributed by atoms with Crippen molar-refractivity contribution >= 4 is 11.8 Å². The zero-order valence-electron chi connectivity index (χ0n) is 11.1. The predicted molar refractivity (Wildman–Crippen MR) is 73.2 cm³/mol. The lowest BCUT2D eigenvalue weighted by Gasteiger charge is -1.99. The normalized spacial score (nSPS) is 9.43. The molecule has 0 aliphatic carbocycles. The molecule has 2 rings (SSSR count). The van der Waals surface area contributed by atoms with Crippen LogP contribution in [0.25, 0.3) is 0 Å². The Kier molecular flexibility index (Phi) is 4.42. The molecule has 2 aromatic rings. The lowest BCUT2D eigenvalue weighted by Crippen LogP contribution is -2.08. The van der Waals surface area contributed by atoms with Crippen molar-refractivity contribution < 1.29 is 18.7 Å². The quantitative estimate of drug-likeness (QED) is 0.482. The molecule has 104 valence electrons. The van der Waals surface area contributed by atoms with E-state index in [1.165, 1.54) is 43.5 Å². The van der Waals surface area contributed by atoms with E-state index in [-0.39, 0.29) is 17.0 Å². The van der Waals surface area contributed by atoms with E-state index in [4.69, 9.17) is 0 Å². The highest BCUT2D eigenvalue weighted by atomic mass is 19.1. The van der Waals surface area contributed by atoms with E-state index in [1.54, 1.807) is 6.07 Å². The van der Waals surface area contributed by atoms with E-state index in [0.717, 1.165) is 0 Å². The van der Waals surface area contributed by atoms with Crippen LogP contribution < -0.4 is 0 Å². The third kappa shape index (κ3) is 3.51. The third-order valence-corrected chi connectivity index (χ3v) is 2.56. The summed E-state index contributed by atoms with van der Waals surface area (Å²) in [7, 11) is 1.22. The molecule has 0 aliphatic rings. The van der Waals surface area contributed by atoms with Gasteiger partial charge in [-0.1, -0.05) is 24.1 Å². The van der Waals surface area contributed by atoms with Gasteiger partial charge in [-0.25, -0.2) is 14.2 Å². The molecule has 0 N–H and O–H groups in total. The highest BCUT2D eigenvalue weighted by molar-refractivity contribution is 6.08. The van der Waals surface area contributed by atoms with Crippen LogP contribution in [0.4, 0.5) is 4.39 Å². The summed E-state index contributed by atoms with van der Waals surface area (Å²) >= 11 is 0. The fourth-order valence-electron chi connectivity index (χ4n) is 1.53. The third-order valence-electron chi connectivity index (χ3n) is 2.56. The van der Waals surface area contributed by atoms with Crippen LogP contribution >= 0.6 is 0 Å². The standard InChI is InChI=1S/C16H10FNO3/c1-21-16(20)14-8-4-7-13(18-14)15(19)10-9-11-5-2-3-6-12(11)17/h2-8H,1H3. The number of ether oxygens (including phenoxy) is 1. The molecule has 0 fully saturated rings. The lowest BCUT2D eigenvalue weighted by molar-refractivity contribution is 0.0594. The van der Waals surface area contributed by atoms with Crippen LogP contribution in [0.1, 0.15) is 26.5 Å². The van der Waals surface area contributed by atoms with Gasteiger partial charge in [-0.3, -0.25) is 4.79 Å². The van der Waals surface area contributed by atoms with Crippen LogP contribution in [0, 0.1) is 17.7 Å². The van der Waals surface area contributed by atoms with Crippen molar-refractivity contribution in [2.45, 2.75) is 0 Å². The van der Waals surface area contributed by atoms with Crippen LogP contribution in [-0.4, -0.2) is 23.8 Å². The second kappa shape index (κ2) is 6.44. The molecule has 0 bridgehead atoms. The predicted octanol–water partition coefficient (Wildman–Crippen LogP) is 2.24. The number of methoxy groups -OCH3 is 1. The first kappa shape index (κ1) is 14.4. The first-order valence-corrected chi connectivity index (χ1v) is 5.98. The molecular weight excluding hydrogens is 273 g/mol. The second-order valence-electron chi connectivity index (χ2n) is 3.96. The van der Waals surface area contributed by atoms with Gasteiger partial charge in [0.05, 0.1) is 12.7 Å². The lowest BCUT2D eigenvalue weighted by atomic mass is 10.2. The van der Waals surface area contributed by atoms with E-state index in [9.17, 15) is 14.0 Å². The molecule has 0 atom stereocenters. The summed E-state index contributed by atoms with van der Waals surface area (Å²) < 4.78 is 17.9. The number of hydrogen-bond acceptors (Lipinski definition) is 4. The molecule has 0 radical (unpaired) electrons. The molecule has 0 saturated heterocycles. The summed E-state index contributed by atoms with van der Waals surface area (Å²) in [6.07, 6.45) is 0. The fraction of sp³-hybridized carbons (Fsp3) is 0.0625. The molecule has 0 unspecified atom stereocenters. The van der Waals surface area contributed by atoms with Gasteiger partial charge in [-0.2, -0.15) is 0 Å². The maximum atomic E-state index is 13.4. The van der Waals surface area contributed by atoms with Crippen molar-refractivity contribution in [1.82, 2.24) is 4.98 Å². The minimum absolute atomic E-state index is 0.00161. The monoisotopic (exact) mass is 283 g/mol. The summed E-state index contributed by atoms with van der Waals surface area (Å²) in [5, 5.41) is 0. The van der Waals surface area contributed by atoms with Crippen molar-refractivity contribution in [1.29, 1.82) is 0 Å². The van der Waals surface area contributed by atoms with E-state index >= 15 is 0 Å². The van der Waals surface area contributed by atoms with Crippen LogP contribution in [0.5, 0.6) is 0 Å². The Bertz CT molecular complexity index is 759. The molecular formula is C16H10FNO3. The number of esters is 1. The van der Waals surface area contributed by atoms with E-state index in [1.807, 2.05) is 0 Å². The molecule has 1 heterocycles. The fourth-order valence-corrected chi connectivity index (χ4v) is 1.53. The molecule has 0 spiro atoms. The van der Waals surface area contributed by atoms with Gasteiger partial charge in [-0.15, -0.1) is 0 Å². The largest absolute Gasteiger partial charge is 0.464 e. The molecule has 0 amide bonds.